The molecule has 0 saturated carbocycles. The second-order valence-corrected chi connectivity index (χ2v) is 15.7. The highest BCUT2D eigenvalue weighted by atomic mass is 16.7. The van der Waals surface area contributed by atoms with E-state index in [0.717, 1.165) is 19.1 Å². The number of rotatable bonds is 11. The Hall–Kier alpha value is -5.82. The number of phenolic OH excluding ortho intramolecular Hbond substituents is 2. The number of nitrogens with zero attached hydrogens (tertiary/aromatic N) is 1. The van der Waals surface area contributed by atoms with Gasteiger partial charge >= 0.3 is 11.8 Å². The van der Waals surface area contributed by atoms with Crippen LogP contribution < -0.4 is 14.8 Å². The number of ether oxygens (including phenoxy) is 6. The van der Waals surface area contributed by atoms with E-state index in [9.17, 15) is 70.1 Å². The van der Waals surface area contributed by atoms with E-state index < -0.39 is 155 Å². The third-order valence-electron chi connectivity index (χ3n) is 11.7. The van der Waals surface area contributed by atoms with E-state index in [1.807, 2.05) is 0 Å². The molecule has 9 N–H and O–H groups in total. The molecule has 63 heavy (non-hydrogen) atoms. The number of nitrogens with one attached hydrogen (secondary N) is 1. The quantitative estimate of drug-likeness (QED) is 0.0547. The average Bonchev–Trinajstić information content (AvgIpc) is 3.24. The Labute approximate surface area is 356 Å². The number of benzene rings is 3. The second kappa shape index (κ2) is 17.4. The Bertz CT molecular complexity index is 2350. The fourth-order valence-electron chi connectivity index (χ4n) is 8.29. The maximum absolute atomic E-state index is 14.0. The van der Waals surface area contributed by atoms with Gasteiger partial charge in [0.1, 0.15) is 60.0 Å². The van der Waals surface area contributed by atoms with E-state index >= 15 is 0 Å². The highest BCUT2D eigenvalue weighted by molar-refractivity contribution is 6.31. The summed E-state index contributed by atoms with van der Waals surface area (Å²) in [6.07, 6.45) is -16.1. The number of hydrogen-bond acceptors (Lipinski definition) is 20. The summed E-state index contributed by atoms with van der Waals surface area (Å²) in [4.78, 5) is 64.7. The summed E-state index contributed by atoms with van der Waals surface area (Å²) in [5.74, 6) is -4.31. The lowest BCUT2D eigenvalue weighted by Crippen LogP contribution is -2.60. The van der Waals surface area contributed by atoms with Gasteiger partial charge in [0.25, 0.3) is 0 Å². The van der Waals surface area contributed by atoms with Crippen LogP contribution in [0.3, 0.4) is 0 Å². The van der Waals surface area contributed by atoms with Crippen LogP contribution in [0.2, 0.25) is 0 Å². The van der Waals surface area contributed by atoms with Crippen molar-refractivity contribution in [1.82, 2.24) is 5.32 Å². The Morgan fingerprint density at radius 1 is 0.952 bits per heavy atom. The number of methoxy groups -OCH3 is 1. The first-order chi connectivity index (χ1) is 29.8. The molecule has 2 heterocycles. The number of hydrogen-bond donors (Lipinski definition) is 9. The van der Waals surface area contributed by atoms with Gasteiger partial charge in [0.2, 0.25) is 12.1 Å². The summed E-state index contributed by atoms with van der Waals surface area (Å²) in [6.45, 7) is 1.23. The first kappa shape index (κ1) is 45.2. The van der Waals surface area contributed by atoms with Crippen molar-refractivity contribution in [2.75, 3.05) is 13.7 Å². The molecule has 1 amide bonds. The summed E-state index contributed by atoms with van der Waals surface area (Å²) >= 11 is 0. The van der Waals surface area contributed by atoms with Gasteiger partial charge in [-0.15, -0.1) is 0 Å². The van der Waals surface area contributed by atoms with E-state index in [1.165, 1.54) is 38.3 Å². The largest absolute Gasteiger partial charge is 0.507 e. The molecule has 3 aromatic carbocycles. The minimum atomic E-state index is -2.20. The van der Waals surface area contributed by atoms with Crippen LogP contribution >= 0.6 is 0 Å². The maximum atomic E-state index is 14.0. The van der Waals surface area contributed by atoms with Crippen molar-refractivity contribution < 1.29 is 93.4 Å². The number of alkyl carbamates (subject to hydrolysis) is 1. The monoisotopic (exact) mass is 884 g/mol. The predicted octanol–water partition coefficient (Wildman–Crippen LogP) is 0.0835. The molecule has 4 aliphatic rings. The second-order valence-electron chi connectivity index (χ2n) is 15.7. The number of aliphatic hydroxyl groups excluding tert-OH is 5. The zero-order chi connectivity index (χ0) is 45.8. The van der Waals surface area contributed by atoms with E-state index in [0.29, 0.717) is 0 Å². The highest BCUT2D eigenvalue weighted by Gasteiger charge is 2.50. The zero-order valence-electron chi connectivity index (χ0n) is 33.7. The third-order valence-corrected chi connectivity index (χ3v) is 11.7. The van der Waals surface area contributed by atoms with Crippen molar-refractivity contribution in [3.63, 3.8) is 0 Å². The number of aromatic hydroxyl groups is 2. The average molecular weight is 885 g/mol. The highest BCUT2D eigenvalue weighted by Crippen LogP contribution is 2.52. The number of carbonyl (C=O) groups excluding carboxylic acids is 4. The van der Waals surface area contributed by atoms with Crippen LogP contribution in [0, 0.1) is 10.1 Å². The summed E-state index contributed by atoms with van der Waals surface area (Å²) in [7, 11) is 1.28. The van der Waals surface area contributed by atoms with Gasteiger partial charge in [0, 0.05) is 42.0 Å². The van der Waals surface area contributed by atoms with Gasteiger partial charge in [-0.05, 0) is 31.5 Å². The molecule has 0 spiro atoms. The fourth-order valence-corrected chi connectivity index (χ4v) is 8.29. The molecule has 2 saturated heterocycles. The number of phenols is 2. The number of fused-ring (bicyclic) bond motifs is 3. The molecule has 2 aliphatic heterocycles. The molecule has 0 radical (unpaired) electrons. The molecule has 2 fully saturated rings. The molecule has 3 aromatic rings. The lowest BCUT2D eigenvalue weighted by atomic mass is 9.72. The van der Waals surface area contributed by atoms with Crippen LogP contribution in [0.5, 0.6) is 23.0 Å². The number of aliphatic hydroxyl groups is 6. The Morgan fingerprint density at radius 3 is 2.33 bits per heavy atom. The normalized spacial score (nSPS) is 30.0. The van der Waals surface area contributed by atoms with Gasteiger partial charge in [-0.3, -0.25) is 24.5 Å². The van der Waals surface area contributed by atoms with Gasteiger partial charge in [-0.1, -0.05) is 18.2 Å². The number of amides is 1. The number of nitro benzene ring substituents is 1. The van der Waals surface area contributed by atoms with Crippen molar-refractivity contribution in [2.24, 2.45) is 0 Å². The molecule has 7 rings (SSSR count). The smallest absolute Gasteiger partial charge is 0.407 e. The molecule has 0 unspecified atom stereocenters. The molecule has 0 aromatic heterocycles. The summed E-state index contributed by atoms with van der Waals surface area (Å²) in [6, 6.07) is 6.49. The van der Waals surface area contributed by atoms with E-state index in [4.69, 9.17) is 28.4 Å². The number of Topliss-reactive ketones (excluding diaryl/α,β-unsaturated/α-hetero) is 1. The Balaban J connectivity index is 1.08. The Kier molecular flexibility index (Phi) is 12.5. The van der Waals surface area contributed by atoms with Gasteiger partial charge < -0.3 is 74.6 Å². The van der Waals surface area contributed by atoms with Crippen molar-refractivity contribution in [2.45, 2.75) is 107 Å². The molecule has 2 aliphatic carbocycles. The summed E-state index contributed by atoms with van der Waals surface area (Å²) in [5, 5.41) is 100. The summed E-state index contributed by atoms with van der Waals surface area (Å²) in [5.41, 5.74) is -4.56. The van der Waals surface area contributed by atoms with Crippen LogP contribution in [-0.2, 0) is 36.8 Å². The topological polar surface area (TPSA) is 341 Å². The number of carbonyl (C=O) groups is 4. The molecule has 22 heteroatoms. The molecule has 0 bridgehead atoms. The summed E-state index contributed by atoms with van der Waals surface area (Å²) < 4.78 is 33.4. The SMILES string of the molecule is COc1cccc2c1C(=O)c1c(O)c3c(c(O)c1C2=O)C[C@@](O)(C(C)=O)C[C@H]3O[C@H]1C[C@H](NC(=O)OCc2ccc(O[C@@H]3O[C@H](CO)[C@H](O)[C@H](O)[C@H]3O)c([N+](=O)[O-])c2)[C@H](O)[C@H](C)O1. The van der Waals surface area contributed by atoms with Crippen molar-refractivity contribution >= 4 is 29.1 Å². The van der Waals surface area contributed by atoms with E-state index in [1.54, 1.807) is 0 Å². The van der Waals surface area contributed by atoms with Gasteiger partial charge in [-0.2, -0.15) is 0 Å². The van der Waals surface area contributed by atoms with Crippen LogP contribution in [-0.4, -0.2) is 144 Å². The molecular formula is C41H44N2O20. The van der Waals surface area contributed by atoms with Crippen LogP contribution in [0.4, 0.5) is 10.5 Å². The van der Waals surface area contributed by atoms with Gasteiger partial charge in [0.15, 0.2) is 23.6 Å². The minimum absolute atomic E-state index is 0.0334. The van der Waals surface area contributed by atoms with Crippen molar-refractivity contribution in [3.05, 3.63) is 85.5 Å². The lowest BCUT2D eigenvalue weighted by molar-refractivity contribution is -0.387. The van der Waals surface area contributed by atoms with Gasteiger partial charge in [-0.25, -0.2) is 4.79 Å². The minimum Gasteiger partial charge on any atom is -0.507 e. The molecule has 22 nitrogen and oxygen atoms in total. The van der Waals surface area contributed by atoms with Gasteiger partial charge in [0.05, 0.1) is 53.6 Å². The van der Waals surface area contributed by atoms with E-state index in [2.05, 4.69) is 5.32 Å². The first-order valence-corrected chi connectivity index (χ1v) is 19.6. The van der Waals surface area contributed by atoms with Crippen molar-refractivity contribution in [1.29, 1.82) is 0 Å². The van der Waals surface area contributed by atoms with Crippen LogP contribution in [0.15, 0.2) is 36.4 Å². The maximum Gasteiger partial charge on any atom is 0.407 e. The number of nitro groups is 1. The standard InChI is InChI=1S/C41H44N2O20/c1-15-31(46)20(42-40(54)59-14-17-7-8-22(21(9-17)43(56)57)62-39-38(53)37(52)34(49)25(13-44)63-39)10-26(60-15)61-24-12-41(55,16(2)45)11-19-28(24)36(51)30-29(33(19)48)32(47)18-5-4-6-23(58-3)27(18)35(30)50/h4-9,15,20,24-26,31,34,37-39,44,46,48-49,51-53,55H,10-14H2,1-3H3,(H,42,54)/t15-,20-,24+,25+,26-,31+,34-,37-,38+,39+,41-/m0/s1. The van der Waals surface area contributed by atoms with E-state index in [-0.39, 0.29) is 40.0 Å². The lowest BCUT2D eigenvalue weighted by Gasteiger charge is -2.42. The third kappa shape index (κ3) is 8.16. The Morgan fingerprint density at radius 2 is 1.67 bits per heavy atom. The molecular weight excluding hydrogens is 840 g/mol. The fraction of sp³-hybridized carbons (Fsp3) is 0.463. The number of ketones is 3. The van der Waals surface area contributed by atoms with Crippen molar-refractivity contribution in [3.8, 4) is 23.0 Å². The molecule has 11 atom stereocenters. The first-order valence-electron chi connectivity index (χ1n) is 19.6. The van der Waals surface area contributed by atoms with Crippen LogP contribution in [0.1, 0.15) is 81.3 Å². The zero-order valence-corrected chi connectivity index (χ0v) is 33.7. The predicted molar refractivity (Wildman–Crippen MR) is 207 cm³/mol. The van der Waals surface area contributed by atoms with Crippen LogP contribution in [0.25, 0.3) is 0 Å². The molecule has 338 valence electrons.